The Kier molecular flexibility index (Phi) is 4.60. The summed E-state index contributed by atoms with van der Waals surface area (Å²) in [5.41, 5.74) is 3.00. The molecule has 3 rings (SSSR count). The monoisotopic (exact) mass is 395 g/mol. The number of benzene rings is 2. The van der Waals surface area contributed by atoms with E-state index in [1.807, 2.05) is 38.1 Å². The lowest BCUT2D eigenvalue weighted by atomic mass is 10.0. The minimum Gasteiger partial charge on any atom is -0.282 e. The molecule has 0 saturated carbocycles. The molecule has 23 heavy (non-hydrogen) atoms. The number of sulfonamides is 1. The van der Waals surface area contributed by atoms with Crippen LogP contribution in [0.25, 0.3) is 0 Å². The minimum atomic E-state index is -3.72. The Morgan fingerprint density at radius 3 is 2.39 bits per heavy atom. The number of rotatable bonds is 3. The molecule has 0 radical (unpaired) electrons. The zero-order chi connectivity index (χ0) is 16.6. The van der Waals surface area contributed by atoms with Gasteiger partial charge in [0.05, 0.1) is 22.4 Å². The SMILES string of the molecule is Cc1ccc(S(=O)(=O)N2OC[C@@H](Br)[C@H]2c2ccccc2C)cc1. The fraction of sp³-hybridized carbons (Fsp3) is 0.294. The smallest absolute Gasteiger partial charge is 0.265 e. The average molecular weight is 396 g/mol. The first-order valence-corrected chi connectivity index (χ1v) is 9.70. The highest BCUT2D eigenvalue weighted by molar-refractivity contribution is 9.09. The summed E-state index contributed by atoms with van der Waals surface area (Å²) in [7, 11) is -3.72. The number of nitrogens with zero attached hydrogens (tertiary/aromatic N) is 1. The Balaban J connectivity index is 2.04. The lowest BCUT2D eigenvalue weighted by Gasteiger charge is -2.25. The summed E-state index contributed by atoms with van der Waals surface area (Å²) < 4.78 is 27.1. The van der Waals surface area contributed by atoms with Gasteiger partial charge in [0.15, 0.2) is 0 Å². The van der Waals surface area contributed by atoms with Gasteiger partial charge in [-0.25, -0.2) is 8.42 Å². The first-order valence-electron chi connectivity index (χ1n) is 7.35. The van der Waals surface area contributed by atoms with Crippen molar-refractivity contribution in [1.29, 1.82) is 0 Å². The Morgan fingerprint density at radius 1 is 1.09 bits per heavy atom. The molecule has 0 bridgehead atoms. The van der Waals surface area contributed by atoms with Gasteiger partial charge in [0, 0.05) is 0 Å². The molecule has 0 aliphatic carbocycles. The van der Waals surface area contributed by atoms with Crippen LogP contribution in [-0.2, 0) is 14.9 Å². The molecular formula is C17H18BrNO3S. The summed E-state index contributed by atoms with van der Waals surface area (Å²) in [4.78, 5) is 5.68. The van der Waals surface area contributed by atoms with E-state index in [1.165, 1.54) is 0 Å². The number of alkyl halides is 1. The molecule has 6 heteroatoms. The fourth-order valence-electron chi connectivity index (χ4n) is 2.71. The number of hydrogen-bond acceptors (Lipinski definition) is 3. The maximum absolute atomic E-state index is 13.0. The van der Waals surface area contributed by atoms with E-state index in [4.69, 9.17) is 4.84 Å². The third kappa shape index (κ3) is 3.08. The average Bonchev–Trinajstić information content (AvgIpc) is 2.90. The Labute approximate surface area is 145 Å². The molecule has 2 aromatic rings. The van der Waals surface area contributed by atoms with Crippen molar-refractivity contribution in [2.75, 3.05) is 6.61 Å². The Bertz CT molecular complexity index is 805. The van der Waals surface area contributed by atoms with Gasteiger partial charge in [0.1, 0.15) is 0 Å². The number of halogens is 1. The highest BCUT2D eigenvalue weighted by Gasteiger charge is 2.43. The van der Waals surface area contributed by atoms with Crippen LogP contribution in [0.2, 0.25) is 0 Å². The molecule has 0 unspecified atom stereocenters. The number of aryl methyl sites for hydroxylation is 2. The lowest BCUT2D eigenvalue weighted by Crippen LogP contribution is -2.31. The van der Waals surface area contributed by atoms with E-state index < -0.39 is 10.0 Å². The summed E-state index contributed by atoms with van der Waals surface area (Å²) in [6, 6.07) is 14.2. The molecule has 1 saturated heterocycles. The molecular weight excluding hydrogens is 378 g/mol. The van der Waals surface area contributed by atoms with Crippen molar-refractivity contribution in [2.24, 2.45) is 0 Å². The van der Waals surface area contributed by atoms with E-state index in [-0.39, 0.29) is 15.8 Å². The van der Waals surface area contributed by atoms with Crippen molar-refractivity contribution in [3.05, 3.63) is 65.2 Å². The number of hydroxylamine groups is 1. The van der Waals surface area contributed by atoms with Crippen LogP contribution >= 0.6 is 15.9 Å². The topological polar surface area (TPSA) is 46.6 Å². The maximum atomic E-state index is 13.0. The summed E-state index contributed by atoms with van der Waals surface area (Å²) in [6.07, 6.45) is 0. The van der Waals surface area contributed by atoms with Gasteiger partial charge in [-0.1, -0.05) is 62.4 Å². The van der Waals surface area contributed by atoms with Gasteiger partial charge in [-0.15, -0.1) is 0 Å². The first kappa shape index (κ1) is 16.6. The van der Waals surface area contributed by atoms with Gasteiger partial charge in [0.25, 0.3) is 10.0 Å². The van der Waals surface area contributed by atoms with Crippen molar-refractivity contribution < 1.29 is 13.3 Å². The van der Waals surface area contributed by atoms with E-state index in [0.29, 0.717) is 6.61 Å². The van der Waals surface area contributed by atoms with Crippen LogP contribution in [0, 0.1) is 13.8 Å². The summed E-state index contributed by atoms with van der Waals surface area (Å²) in [5.74, 6) is 0. The predicted octanol–water partition coefficient (Wildman–Crippen LogP) is 3.74. The molecule has 1 heterocycles. The molecule has 1 aliphatic heterocycles. The standard InChI is InChI=1S/C17H18BrNO3S/c1-12-7-9-14(10-8-12)23(20,21)19-17(16(18)11-22-19)15-6-4-3-5-13(15)2/h3-10,16-17H,11H2,1-2H3/t16-,17-/m1/s1. The second kappa shape index (κ2) is 6.36. The van der Waals surface area contributed by atoms with Crippen LogP contribution in [0.15, 0.2) is 53.4 Å². The highest BCUT2D eigenvalue weighted by atomic mass is 79.9. The first-order chi connectivity index (χ1) is 10.9. The summed E-state index contributed by atoms with van der Waals surface area (Å²) in [5, 5.41) is 0. The van der Waals surface area contributed by atoms with Crippen molar-refractivity contribution in [3.8, 4) is 0 Å². The second-order valence-electron chi connectivity index (χ2n) is 5.69. The van der Waals surface area contributed by atoms with Crippen LogP contribution in [0.3, 0.4) is 0 Å². The van der Waals surface area contributed by atoms with Gasteiger partial charge < -0.3 is 0 Å². The third-order valence-corrected chi connectivity index (χ3v) is 6.43. The van der Waals surface area contributed by atoms with Crippen molar-refractivity contribution in [1.82, 2.24) is 4.47 Å². The molecule has 0 amide bonds. The van der Waals surface area contributed by atoms with Gasteiger partial charge in [0.2, 0.25) is 0 Å². The van der Waals surface area contributed by atoms with E-state index in [9.17, 15) is 8.42 Å². The van der Waals surface area contributed by atoms with Crippen molar-refractivity contribution in [3.63, 3.8) is 0 Å². The maximum Gasteiger partial charge on any atom is 0.265 e. The van der Waals surface area contributed by atoms with E-state index >= 15 is 0 Å². The van der Waals surface area contributed by atoms with Crippen LogP contribution in [-0.4, -0.2) is 24.3 Å². The van der Waals surface area contributed by atoms with Crippen LogP contribution in [0.4, 0.5) is 0 Å². The molecule has 122 valence electrons. The van der Waals surface area contributed by atoms with Gasteiger partial charge in [-0.2, -0.15) is 0 Å². The highest BCUT2D eigenvalue weighted by Crippen LogP contribution is 2.40. The van der Waals surface area contributed by atoms with Gasteiger partial charge >= 0.3 is 0 Å². The molecule has 1 fully saturated rings. The summed E-state index contributed by atoms with van der Waals surface area (Å²) in [6.45, 7) is 4.21. The molecule has 2 atom stereocenters. The quantitative estimate of drug-likeness (QED) is 0.743. The second-order valence-corrected chi connectivity index (χ2v) is 8.64. The normalized spacial score (nSPS) is 22.4. The van der Waals surface area contributed by atoms with Crippen LogP contribution in [0.5, 0.6) is 0 Å². The molecule has 1 aliphatic rings. The van der Waals surface area contributed by atoms with Gasteiger partial charge in [-0.3, -0.25) is 4.84 Å². The van der Waals surface area contributed by atoms with Crippen LogP contribution < -0.4 is 0 Å². The largest absolute Gasteiger partial charge is 0.282 e. The minimum absolute atomic E-state index is 0.0937. The molecule has 0 N–H and O–H groups in total. The van der Waals surface area contributed by atoms with E-state index in [0.717, 1.165) is 21.2 Å². The van der Waals surface area contributed by atoms with Crippen molar-refractivity contribution >= 4 is 26.0 Å². The Morgan fingerprint density at radius 2 is 1.74 bits per heavy atom. The van der Waals surface area contributed by atoms with E-state index in [1.54, 1.807) is 24.3 Å². The molecule has 0 spiro atoms. The zero-order valence-corrected chi connectivity index (χ0v) is 15.3. The Hall–Kier alpha value is -1.21. The zero-order valence-electron chi connectivity index (χ0n) is 12.9. The molecule has 0 aromatic heterocycles. The lowest BCUT2D eigenvalue weighted by molar-refractivity contribution is -0.0500. The van der Waals surface area contributed by atoms with Crippen LogP contribution in [0.1, 0.15) is 22.7 Å². The van der Waals surface area contributed by atoms with Crippen molar-refractivity contribution in [2.45, 2.75) is 29.6 Å². The molecule has 4 nitrogen and oxygen atoms in total. The summed E-state index contributed by atoms with van der Waals surface area (Å²) >= 11 is 3.56. The van der Waals surface area contributed by atoms with E-state index in [2.05, 4.69) is 15.9 Å². The third-order valence-electron chi connectivity index (χ3n) is 3.99. The predicted molar refractivity (Wildman–Crippen MR) is 92.8 cm³/mol. The molecule has 2 aromatic carbocycles. The van der Waals surface area contributed by atoms with Gasteiger partial charge in [-0.05, 0) is 37.1 Å². The number of hydrogen-bond donors (Lipinski definition) is 0. The fourth-order valence-corrected chi connectivity index (χ4v) is 4.93.